The molecule has 0 bridgehead atoms. The van der Waals surface area contributed by atoms with Crippen molar-refractivity contribution in [2.45, 2.75) is 38.3 Å². The number of hydrogen-bond acceptors (Lipinski definition) is 4. The topological polar surface area (TPSA) is 87.3 Å². The number of halogens is 4. The third-order valence-corrected chi connectivity index (χ3v) is 4.70. The summed E-state index contributed by atoms with van der Waals surface area (Å²) in [7, 11) is 0. The van der Waals surface area contributed by atoms with Gasteiger partial charge in [0, 0.05) is 18.5 Å². The van der Waals surface area contributed by atoms with Crippen LogP contribution in [0.15, 0.2) is 18.3 Å². The molecule has 1 fully saturated rings. The molecule has 0 radical (unpaired) electrons. The van der Waals surface area contributed by atoms with Crippen molar-refractivity contribution in [3.8, 4) is 0 Å². The Bertz CT molecular complexity index is 878. The van der Waals surface area contributed by atoms with E-state index in [2.05, 4.69) is 20.0 Å². The first kappa shape index (κ1) is 20.4. The Labute approximate surface area is 163 Å². The Balaban J connectivity index is 1.55. The lowest BCUT2D eigenvalue weighted by Gasteiger charge is -2.33. The summed E-state index contributed by atoms with van der Waals surface area (Å²) in [6, 6.07) is 2.36. The average Bonchev–Trinajstić information content (AvgIpc) is 3.03. The number of nitrogens with one attached hydrogen (secondary N) is 2. The fourth-order valence-electron chi connectivity index (χ4n) is 3.12. The van der Waals surface area contributed by atoms with Crippen molar-refractivity contribution in [1.29, 1.82) is 0 Å². The Morgan fingerprint density at radius 1 is 1.36 bits per heavy atom. The molecule has 0 unspecified atom stereocenters. The van der Waals surface area contributed by atoms with Crippen molar-refractivity contribution in [3.05, 3.63) is 29.2 Å². The molecule has 3 heterocycles. The zero-order valence-corrected chi connectivity index (χ0v) is 15.6. The molecule has 0 spiro atoms. The summed E-state index contributed by atoms with van der Waals surface area (Å²) in [4.78, 5) is 33.1. The van der Waals surface area contributed by atoms with Crippen LogP contribution in [0.1, 0.15) is 30.3 Å². The van der Waals surface area contributed by atoms with Crippen molar-refractivity contribution in [2.75, 3.05) is 13.1 Å². The number of carbonyl (C=O) groups excluding carboxylic acids is 2. The smallest absolute Gasteiger partial charge is 0.349 e. The maximum absolute atomic E-state index is 12.5. The van der Waals surface area contributed by atoms with Gasteiger partial charge in [0.05, 0.1) is 17.8 Å². The van der Waals surface area contributed by atoms with Gasteiger partial charge in [-0.1, -0.05) is 11.6 Å². The minimum absolute atomic E-state index is 0.0850. The van der Waals surface area contributed by atoms with Crippen molar-refractivity contribution < 1.29 is 27.5 Å². The molecule has 1 aliphatic heterocycles. The summed E-state index contributed by atoms with van der Waals surface area (Å²) in [5, 5.41) is 3.59. The Kier molecular flexibility index (Phi) is 5.80. The van der Waals surface area contributed by atoms with Crippen molar-refractivity contribution >= 4 is 34.3 Å². The molecule has 152 valence electrons. The van der Waals surface area contributed by atoms with Gasteiger partial charge in [-0.15, -0.1) is 13.2 Å². The van der Waals surface area contributed by atoms with Gasteiger partial charge in [0.2, 0.25) is 5.91 Å². The quantitative estimate of drug-likeness (QED) is 0.747. The number of aromatic amines is 1. The largest absolute Gasteiger partial charge is 0.522 e. The van der Waals surface area contributed by atoms with Crippen LogP contribution in [-0.4, -0.2) is 58.3 Å². The van der Waals surface area contributed by atoms with E-state index in [1.165, 1.54) is 18.0 Å². The van der Waals surface area contributed by atoms with Gasteiger partial charge in [-0.05, 0) is 31.9 Å². The first-order valence-corrected chi connectivity index (χ1v) is 8.98. The molecule has 0 saturated carbocycles. The predicted molar refractivity (Wildman–Crippen MR) is 94.8 cm³/mol. The molecule has 2 aromatic heterocycles. The zero-order valence-electron chi connectivity index (χ0n) is 14.8. The maximum Gasteiger partial charge on any atom is 0.522 e. The van der Waals surface area contributed by atoms with Crippen LogP contribution in [0.25, 0.3) is 10.9 Å². The maximum atomic E-state index is 12.5. The standard InChI is InChI=1S/C17H18ClF3N4O3/c1-9(16(27)25-4-2-11(3-5-25)28-17(19,20)21)23-15(26)12-6-10-7-14(18)22-8-13(10)24-12/h6-9,11,24H,2-5H2,1H3,(H,23,26)/t9-/m0/s1. The third kappa shape index (κ3) is 4.93. The van der Waals surface area contributed by atoms with Crippen LogP contribution in [0, 0.1) is 0 Å². The SMILES string of the molecule is C[C@H](NC(=O)c1cc2cc(Cl)ncc2[nH]1)C(=O)N1CCC(OC(F)(F)F)CC1. The molecular weight excluding hydrogens is 401 g/mol. The van der Waals surface area contributed by atoms with Crippen LogP contribution in [0.3, 0.4) is 0 Å². The number of ether oxygens (including phenoxy) is 1. The number of fused-ring (bicyclic) bond motifs is 1. The number of pyridine rings is 1. The number of hydrogen-bond donors (Lipinski definition) is 2. The molecule has 2 N–H and O–H groups in total. The summed E-state index contributed by atoms with van der Waals surface area (Å²) < 4.78 is 40.8. The number of nitrogens with zero attached hydrogens (tertiary/aromatic N) is 2. The number of alkyl halides is 3. The highest BCUT2D eigenvalue weighted by atomic mass is 35.5. The van der Waals surface area contributed by atoms with E-state index in [-0.39, 0.29) is 37.5 Å². The highest BCUT2D eigenvalue weighted by molar-refractivity contribution is 6.30. The third-order valence-electron chi connectivity index (χ3n) is 4.49. The van der Waals surface area contributed by atoms with E-state index in [9.17, 15) is 22.8 Å². The average molecular weight is 419 g/mol. The molecular formula is C17H18ClF3N4O3. The highest BCUT2D eigenvalue weighted by Gasteiger charge is 2.36. The summed E-state index contributed by atoms with van der Waals surface area (Å²) in [6.45, 7) is 1.80. The number of carbonyl (C=O) groups is 2. The molecule has 0 aromatic carbocycles. The Morgan fingerprint density at radius 3 is 2.68 bits per heavy atom. The number of H-pyrrole nitrogens is 1. The van der Waals surface area contributed by atoms with Crippen LogP contribution < -0.4 is 5.32 Å². The molecule has 1 atom stereocenters. The van der Waals surface area contributed by atoms with Gasteiger partial charge in [-0.2, -0.15) is 0 Å². The molecule has 2 aromatic rings. The van der Waals surface area contributed by atoms with Gasteiger partial charge >= 0.3 is 6.36 Å². The van der Waals surface area contributed by atoms with E-state index >= 15 is 0 Å². The fraction of sp³-hybridized carbons (Fsp3) is 0.471. The van der Waals surface area contributed by atoms with E-state index in [0.29, 0.717) is 16.1 Å². The second-order valence-corrected chi connectivity index (χ2v) is 6.95. The summed E-state index contributed by atoms with van der Waals surface area (Å²) >= 11 is 5.82. The van der Waals surface area contributed by atoms with Crippen LogP contribution in [0.5, 0.6) is 0 Å². The lowest BCUT2D eigenvalue weighted by atomic mass is 10.1. The Hall–Kier alpha value is -2.33. The first-order valence-electron chi connectivity index (χ1n) is 8.61. The summed E-state index contributed by atoms with van der Waals surface area (Å²) in [5.74, 6) is -0.844. The van der Waals surface area contributed by atoms with Gasteiger partial charge in [0.15, 0.2) is 0 Å². The molecule has 11 heteroatoms. The molecule has 7 nitrogen and oxygen atoms in total. The van der Waals surface area contributed by atoms with Gasteiger partial charge in [-0.25, -0.2) is 4.98 Å². The van der Waals surface area contributed by atoms with Crippen LogP contribution in [0.4, 0.5) is 13.2 Å². The minimum atomic E-state index is -4.68. The highest BCUT2D eigenvalue weighted by Crippen LogP contribution is 2.24. The first-order chi connectivity index (χ1) is 13.1. The van der Waals surface area contributed by atoms with Gasteiger partial charge in [0.25, 0.3) is 5.91 Å². The molecule has 2 amide bonds. The minimum Gasteiger partial charge on any atom is -0.349 e. The second-order valence-electron chi connectivity index (χ2n) is 6.56. The van der Waals surface area contributed by atoms with Crippen LogP contribution in [-0.2, 0) is 9.53 Å². The van der Waals surface area contributed by atoms with Crippen LogP contribution in [0.2, 0.25) is 5.15 Å². The van der Waals surface area contributed by atoms with Gasteiger partial charge in [0.1, 0.15) is 16.9 Å². The zero-order chi connectivity index (χ0) is 20.5. The van der Waals surface area contributed by atoms with Crippen molar-refractivity contribution in [3.63, 3.8) is 0 Å². The summed E-state index contributed by atoms with van der Waals surface area (Å²) in [6.07, 6.45) is -3.97. The van der Waals surface area contributed by atoms with E-state index in [4.69, 9.17) is 11.6 Å². The lowest BCUT2D eigenvalue weighted by molar-refractivity contribution is -0.345. The van der Waals surface area contributed by atoms with E-state index in [1.54, 1.807) is 12.1 Å². The Morgan fingerprint density at radius 2 is 2.04 bits per heavy atom. The fourth-order valence-corrected chi connectivity index (χ4v) is 3.29. The van der Waals surface area contributed by atoms with E-state index < -0.39 is 24.4 Å². The molecule has 28 heavy (non-hydrogen) atoms. The van der Waals surface area contributed by atoms with Crippen molar-refractivity contribution in [1.82, 2.24) is 20.2 Å². The summed E-state index contributed by atoms with van der Waals surface area (Å²) in [5.41, 5.74) is 0.872. The van der Waals surface area contributed by atoms with E-state index in [0.717, 1.165) is 0 Å². The predicted octanol–water partition coefficient (Wildman–Crippen LogP) is 2.86. The number of piperidine rings is 1. The van der Waals surface area contributed by atoms with Crippen molar-refractivity contribution in [2.24, 2.45) is 0 Å². The molecule has 1 aliphatic rings. The monoisotopic (exact) mass is 418 g/mol. The molecule has 1 saturated heterocycles. The number of amides is 2. The normalized spacial score (nSPS) is 17.0. The molecule has 0 aliphatic carbocycles. The van der Waals surface area contributed by atoms with Crippen LogP contribution >= 0.6 is 11.6 Å². The van der Waals surface area contributed by atoms with Gasteiger partial charge in [-0.3, -0.25) is 14.3 Å². The molecule has 3 rings (SSSR count). The van der Waals surface area contributed by atoms with Gasteiger partial charge < -0.3 is 15.2 Å². The lowest BCUT2D eigenvalue weighted by Crippen LogP contribution is -2.50. The number of aromatic nitrogens is 2. The van der Waals surface area contributed by atoms with E-state index in [1.807, 2.05) is 0 Å². The number of likely N-dealkylation sites (tertiary alicyclic amines) is 1. The second kappa shape index (κ2) is 7.96. The number of rotatable bonds is 4.